The third-order valence-corrected chi connectivity index (χ3v) is 4.25. The summed E-state index contributed by atoms with van der Waals surface area (Å²) in [4.78, 5) is 16.5. The molecule has 28 heavy (non-hydrogen) atoms. The van der Waals surface area contributed by atoms with Crippen LogP contribution < -0.4 is 16.0 Å². The van der Waals surface area contributed by atoms with E-state index in [-0.39, 0.29) is 35.7 Å². The van der Waals surface area contributed by atoms with Crippen molar-refractivity contribution in [3.63, 3.8) is 0 Å². The van der Waals surface area contributed by atoms with Crippen molar-refractivity contribution in [3.8, 4) is 0 Å². The van der Waals surface area contributed by atoms with E-state index in [0.29, 0.717) is 30.8 Å². The van der Waals surface area contributed by atoms with Crippen molar-refractivity contribution in [2.24, 2.45) is 10.9 Å². The summed E-state index contributed by atoms with van der Waals surface area (Å²) in [6.07, 6.45) is 3.50. The highest BCUT2D eigenvalue weighted by Crippen LogP contribution is 2.28. The molecule has 1 aliphatic carbocycles. The Morgan fingerprint density at radius 2 is 2.00 bits per heavy atom. The zero-order valence-corrected chi connectivity index (χ0v) is 19.1. The number of carbonyl (C=O) groups excluding carboxylic acids is 1. The number of carbonyl (C=O) groups is 1. The van der Waals surface area contributed by atoms with Gasteiger partial charge in [-0.15, -0.1) is 24.0 Å². The molecule has 1 aromatic carbocycles. The van der Waals surface area contributed by atoms with Gasteiger partial charge in [0.05, 0.1) is 0 Å². The second kappa shape index (κ2) is 13.7. The Morgan fingerprint density at radius 3 is 2.68 bits per heavy atom. The Morgan fingerprint density at radius 1 is 1.25 bits per heavy atom. The van der Waals surface area contributed by atoms with Gasteiger partial charge in [0.2, 0.25) is 0 Å². The number of ether oxygens (including phenoxy) is 1. The van der Waals surface area contributed by atoms with Gasteiger partial charge in [-0.05, 0) is 56.7 Å². The van der Waals surface area contributed by atoms with Crippen molar-refractivity contribution < 1.29 is 13.9 Å². The predicted octanol–water partition coefficient (Wildman–Crippen LogP) is 2.85. The van der Waals surface area contributed by atoms with E-state index >= 15 is 0 Å². The second-order valence-corrected chi connectivity index (χ2v) is 6.78. The van der Waals surface area contributed by atoms with Crippen molar-refractivity contribution in [1.29, 1.82) is 0 Å². The minimum absolute atomic E-state index is 0. The number of amides is 1. The number of aliphatic imine (C=N–C) groups is 1. The Labute approximate surface area is 184 Å². The fourth-order valence-electron chi connectivity index (χ4n) is 2.43. The summed E-state index contributed by atoms with van der Waals surface area (Å²) in [7, 11) is 0. The maximum atomic E-state index is 13.5. The number of hydrogen-bond donors (Lipinski definition) is 3. The largest absolute Gasteiger partial charge is 0.381 e. The van der Waals surface area contributed by atoms with Crippen LogP contribution in [-0.4, -0.2) is 51.3 Å². The van der Waals surface area contributed by atoms with E-state index in [1.54, 1.807) is 19.1 Å². The number of aryl methyl sites for hydroxylation is 1. The first-order valence-corrected chi connectivity index (χ1v) is 9.74. The van der Waals surface area contributed by atoms with Crippen LogP contribution in [0, 0.1) is 18.7 Å². The predicted molar refractivity (Wildman–Crippen MR) is 121 cm³/mol. The van der Waals surface area contributed by atoms with E-state index in [1.165, 1.54) is 18.9 Å². The lowest BCUT2D eigenvalue weighted by molar-refractivity contribution is 0.0954. The van der Waals surface area contributed by atoms with Crippen molar-refractivity contribution in [3.05, 3.63) is 35.1 Å². The van der Waals surface area contributed by atoms with Gasteiger partial charge < -0.3 is 20.7 Å². The molecule has 0 atom stereocenters. The van der Waals surface area contributed by atoms with Crippen molar-refractivity contribution in [2.45, 2.75) is 33.1 Å². The third-order valence-electron chi connectivity index (χ3n) is 4.25. The molecule has 0 saturated heterocycles. The van der Waals surface area contributed by atoms with Crippen LogP contribution in [0.2, 0.25) is 0 Å². The van der Waals surface area contributed by atoms with Gasteiger partial charge in [-0.1, -0.05) is 6.07 Å². The Kier molecular flexibility index (Phi) is 12.1. The van der Waals surface area contributed by atoms with E-state index < -0.39 is 0 Å². The van der Waals surface area contributed by atoms with Crippen LogP contribution in [0.5, 0.6) is 0 Å². The van der Waals surface area contributed by atoms with Crippen LogP contribution in [0.1, 0.15) is 42.1 Å². The lowest BCUT2D eigenvalue weighted by Gasteiger charge is -2.12. The number of benzene rings is 1. The first-order valence-electron chi connectivity index (χ1n) is 9.74. The highest BCUT2D eigenvalue weighted by molar-refractivity contribution is 14.0. The van der Waals surface area contributed by atoms with Gasteiger partial charge in [0.25, 0.3) is 5.91 Å². The lowest BCUT2D eigenvalue weighted by Crippen LogP contribution is -2.41. The standard InChI is InChI=1S/C20H31FN4O2.HI/c1-3-22-20(24-9-4-12-27-14-16-6-7-16)25-11-10-23-19(26)17-8-5-15(2)18(21)13-17;/h5,8,13,16H,3-4,6-7,9-12,14H2,1-2H3,(H,23,26)(H2,22,24,25);1H. The highest BCUT2D eigenvalue weighted by Gasteiger charge is 2.20. The number of rotatable bonds is 11. The van der Waals surface area contributed by atoms with Gasteiger partial charge >= 0.3 is 0 Å². The SMILES string of the molecule is CCNC(=NCCCOCC1CC1)NCCNC(=O)c1ccc(C)c(F)c1.I. The number of halogens is 2. The van der Waals surface area contributed by atoms with E-state index in [9.17, 15) is 9.18 Å². The van der Waals surface area contributed by atoms with Gasteiger partial charge in [-0.25, -0.2) is 4.39 Å². The fourth-order valence-corrected chi connectivity index (χ4v) is 2.43. The minimum Gasteiger partial charge on any atom is -0.381 e. The molecule has 0 radical (unpaired) electrons. The molecule has 0 aromatic heterocycles. The quantitative estimate of drug-likeness (QED) is 0.187. The van der Waals surface area contributed by atoms with Crippen molar-refractivity contribution >= 4 is 35.8 Å². The minimum atomic E-state index is -0.372. The monoisotopic (exact) mass is 506 g/mol. The Balaban J connectivity index is 0.00000392. The molecular formula is C20H32FIN4O2. The topological polar surface area (TPSA) is 74.8 Å². The van der Waals surface area contributed by atoms with E-state index in [0.717, 1.165) is 38.1 Å². The van der Waals surface area contributed by atoms with Crippen LogP contribution in [0.3, 0.4) is 0 Å². The molecule has 8 heteroatoms. The first-order chi connectivity index (χ1) is 13.1. The summed E-state index contributed by atoms with van der Waals surface area (Å²) in [6.45, 7) is 7.70. The number of hydrogen-bond acceptors (Lipinski definition) is 3. The van der Waals surface area contributed by atoms with Gasteiger partial charge in [0.15, 0.2) is 5.96 Å². The van der Waals surface area contributed by atoms with Gasteiger partial charge in [-0.2, -0.15) is 0 Å². The van der Waals surface area contributed by atoms with Crippen LogP contribution in [0.4, 0.5) is 4.39 Å². The zero-order chi connectivity index (χ0) is 19.5. The lowest BCUT2D eigenvalue weighted by atomic mass is 10.1. The van der Waals surface area contributed by atoms with E-state index in [2.05, 4.69) is 20.9 Å². The molecule has 1 fully saturated rings. The average Bonchev–Trinajstić information content (AvgIpc) is 3.47. The molecule has 0 bridgehead atoms. The highest BCUT2D eigenvalue weighted by atomic mass is 127. The maximum Gasteiger partial charge on any atom is 0.251 e. The third kappa shape index (κ3) is 9.68. The van der Waals surface area contributed by atoms with Crippen molar-refractivity contribution in [2.75, 3.05) is 39.4 Å². The molecule has 0 spiro atoms. The second-order valence-electron chi connectivity index (χ2n) is 6.78. The smallest absolute Gasteiger partial charge is 0.251 e. The van der Waals surface area contributed by atoms with Gasteiger partial charge in [0.1, 0.15) is 5.82 Å². The van der Waals surface area contributed by atoms with E-state index in [1.807, 2.05) is 6.92 Å². The molecule has 0 heterocycles. The molecule has 1 aromatic rings. The molecule has 1 saturated carbocycles. The Bertz CT molecular complexity index is 639. The van der Waals surface area contributed by atoms with Crippen LogP contribution >= 0.6 is 24.0 Å². The normalized spacial score (nSPS) is 13.6. The fraction of sp³-hybridized carbons (Fsp3) is 0.600. The van der Waals surface area contributed by atoms with Gasteiger partial charge in [-0.3, -0.25) is 9.79 Å². The molecule has 158 valence electrons. The summed E-state index contributed by atoms with van der Waals surface area (Å²) in [6, 6.07) is 4.49. The molecule has 3 N–H and O–H groups in total. The van der Waals surface area contributed by atoms with Crippen LogP contribution in [0.25, 0.3) is 0 Å². The summed E-state index contributed by atoms with van der Waals surface area (Å²) in [5, 5.41) is 9.12. The number of nitrogens with zero attached hydrogens (tertiary/aromatic N) is 1. The molecule has 6 nitrogen and oxygen atoms in total. The molecule has 0 aliphatic heterocycles. The molecular weight excluding hydrogens is 474 g/mol. The molecule has 0 unspecified atom stereocenters. The molecule has 2 rings (SSSR count). The average molecular weight is 506 g/mol. The van der Waals surface area contributed by atoms with E-state index in [4.69, 9.17) is 4.74 Å². The summed E-state index contributed by atoms with van der Waals surface area (Å²) < 4.78 is 19.1. The van der Waals surface area contributed by atoms with Crippen molar-refractivity contribution in [1.82, 2.24) is 16.0 Å². The first kappa shape index (κ1) is 24.6. The molecule has 1 aliphatic rings. The maximum absolute atomic E-state index is 13.5. The molecule has 1 amide bonds. The summed E-state index contributed by atoms with van der Waals surface area (Å²) in [5.74, 6) is 0.850. The Hall–Kier alpha value is -1.42. The summed E-state index contributed by atoms with van der Waals surface area (Å²) >= 11 is 0. The zero-order valence-electron chi connectivity index (χ0n) is 16.7. The van der Waals surface area contributed by atoms with Crippen LogP contribution in [-0.2, 0) is 4.74 Å². The van der Waals surface area contributed by atoms with Gasteiger partial charge in [0, 0.05) is 45.0 Å². The summed E-state index contributed by atoms with van der Waals surface area (Å²) in [5.41, 5.74) is 0.850. The number of guanidine groups is 1. The number of nitrogens with one attached hydrogen (secondary N) is 3. The van der Waals surface area contributed by atoms with Crippen LogP contribution in [0.15, 0.2) is 23.2 Å².